The third kappa shape index (κ3) is 3.18. The van der Waals surface area contributed by atoms with Gasteiger partial charge >= 0.3 is 5.97 Å². The first-order valence-electron chi connectivity index (χ1n) is 5.72. The summed E-state index contributed by atoms with van der Waals surface area (Å²) in [5.74, 6) is -1.92. The second-order valence-electron chi connectivity index (χ2n) is 3.99. The zero-order valence-corrected chi connectivity index (χ0v) is 10.5. The molecule has 1 aromatic heterocycles. The number of pyridine rings is 1. The average molecular weight is 287 g/mol. The van der Waals surface area contributed by atoms with E-state index in [-0.39, 0.29) is 22.5 Å². The Morgan fingerprint density at radius 1 is 1.19 bits per heavy atom. The van der Waals surface area contributed by atoms with Gasteiger partial charge in [0.05, 0.1) is 27.9 Å². The van der Waals surface area contributed by atoms with Crippen molar-refractivity contribution in [2.24, 2.45) is 0 Å². The van der Waals surface area contributed by atoms with Gasteiger partial charge in [0.25, 0.3) is 11.6 Å². The van der Waals surface area contributed by atoms with Gasteiger partial charge in [-0.3, -0.25) is 19.9 Å². The van der Waals surface area contributed by atoms with Gasteiger partial charge in [0.1, 0.15) is 6.20 Å². The zero-order valence-electron chi connectivity index (χ0n) is 10.5. The number of carboxylic acids is 1. The van der Waals surface area contributed by atoms with E-state index < -0.39 is 16.8 Å². The van der Waals surface area contributed by atoms with Crippen LogP contribution in [0.5, 0.6) is 0 Å². The number of anilines is 1. The van der Waals surface area contributed by atoms with Crippen LogP contribution in [0.1, 0.15) is 20.7 Å². The van der Waals surface area contributed by atoms with Gasteiger partial charge in [-0.2, -0.15) is 0 Å². The Labute approximate surface area is 118 Å². The molecule has 0 aliphatic rings. The minimum absolute atomic E-state index is 0.0449. The molecule has 0 spiro atoms. The highest BCUT2D eigenvalue weighted by Gasteiger charge is 2.16. The summed E-state index contributed by atoms with van der Waals surface area (Å²) in [5, 5.41) is 22.0. The van der Waals surface area contributed by atoms with E-state index in [1.807, 2.05) is 0 Å². The first-order chi connectivity index (χ1) is 9.99. The first-order valence-corrected chi connectivity index (χ1v) is 5.72. The molecule has 8 heteroatoms. The van der Waals surface area contributed by atoms with Gasteiger partial charge in [0, 0.05) is 6.07 Å². The quantitative estimate of drug-likeness (QED) is 0.654. The molecule has 1 heterocycles. The van der Waals surface area contributed by atoms with Crippen molar-refractivity contribution in [3.63, 3.8) is 0 Å². The third-order valence-corrected chi connectivity index (χ3v) is 2.59. The Kier molecular flexibility index (Phi) is 3.89. The fourth-order valence-electron chi connectivity index (χ4n) is 1.66. The van der Waals surface area contributed by atoms with E-state index in [2.05, 4.69) is 10.3 Å². The number of hydrogen-bond donors (Lipinski definition) is 2. The number of nitrogens with one attached hydrogen (secondary N) is 1. The molecular weight excluding hydrogens is 278 g/mol. The number of rotatable bonds is 4. The molecule has 0 saturated carbocycles. The van der Waals surface area contributed by atoms with E-state index in [0.29, 0.717) is 0 Å². The van der Waals surface area contributed by atoms with Crippen molar-refractivity contribution < 1.29 is 19.6 Å². The number of amides is 1. The summed E-state index contributed by atoms with van der Waals surface area (Å²) in [6.45, 7) is 0. The molecule has 0 atom stereocenters. The van der Waals surface area contributed by atoms with E-state index in [9.17, 15) is 19.7 Å². The molecule has 0 fully saturated rings. The molecule has 0 unspecified atom stereocenters. The highest BCUT2D eigenvalue weighted by molar-refractivity contribution is 6.10. The van der Waals surface area contributed by atoms with Crippen molar-refractivity contribution in [2.45, 2.75) is 0 Å². The molecule has 0 bridgehead atoms. The van der Waals surface area contributed by atoms with Gasteiger partial charge in [0.15, 0.2) is 0 Å². The van der Waals surface area contributed by atoms with Gasteiger partial charge in [0.2, 0.25) is 0 Å². The zero-order chi connectivity index (χ0) is 15.4. The highest BCUT2D eigenvalue weighted by atomic mass is 16.6. The number of carbonyl (C=O) groups is 2. The maximum absolute atomic E-state index is 12.0. The lowest BCUT2D eigenvalue weighted by Gasteiger charge is -2.07. The summed E-state index contributed by atoms with van der Waals surface area (Å²) in [4.78, 5) is 36.7. The van der Waals surface area contributed by atoms with E-state index in [4.69, 9.17) is 5.11 Å². The van der Waals surface area contributed by atoms with E-state index in [0.717, 1.165) is 12.3 Å². The van der Waals surface area contributed by atoms with Gasteiger partial charge < -0.3 is 10.4 Å². The number of benzene rings is 1. The van der Waals surface area contributed by atoms with Gasteiger partial charge in [-0.15, -0.1) is 0 Å². The minimum atomic E-state index is -1.24. The van der Waals surface area contributed by atoms with E-state index in [1.165, 1.54) is 30.5 Å². The predicted molar refractivity (Wildman–Crippen MR) is 72.2 cm³/mol. The molecule has 2 rings (SSSR count). The summed E-state index contributed by atoms with van der Waals surface area (Å²) >= 11 is 0. The van der Waals surface area contributed by atoms with Crippen LogP contribution < -0.4 is 5.32 Å². The van der Waals surface area contributed by atoms with Crippen molar-refractivity contribution in [3.05, 3.63) is 64.0 Å². The normalized spacial score (nSPS) is 9.90. The number of carbonyl (C=O) groups excluding carboxylic acids is 1. The number of nitrogens with zero attached hydrogens (tertiary/aromatic N) is 2. The van der Waals surface area contributed by atoms with Crippen molar-refractivity contribution >= 4 is 23.3 Å². The maximum atomic E-state index is 12.0. The molecular formula is C13H9N3O5. The largest absolute Gasteiger partial charge is 0.478 e. The van der Waals surface area contributed by atoms with Crippen molar-refractivity contribution in [1.82, 2.24) is 4.98 Å². The summed E-state index contributed by atoms with van der Waals surface area (Å²) in [6.07, 6.45) is 2.27. The van der Waals surface area contributed by atoms with Crippen molar-refractivity contribution in [2.75, 3.05) is 5.32 Å². The summed E-state index contributed by atoms with van der Waals surface area (Å²) in [5.41, 5.74) is -0.376. The minimum Gasteiger partial charge on any atom is -0.478 e. The van der Waals surface area contributed by atoms with Crippen LogP contribution in [0.2, 0.25) is 0 Å². The molecule has 0 aliphatic carbocycles. The number of carboxylic acid groups (broad SMARTS) is 1. The molecule has 8 nitrogen and oxygen atoms in total. The lowest BCUT2D eigenvalue weighted by Crippen LogP contribution is -2.16. The molecule has 2 aromatic rings. The van der Waals surface area contributed by atoms with Crippen molar-refractivity contribution in [3.8, 4) is 0 Å². The molecule has 1 aromatic carbocycles. The van der Waals surface area contributed by atoms with Crippen LogP contribution in [0.25, 0.3) is 0 Å². The lowest BCUT2D eigenvalue weighted by molar-refractivity contribution is -0.385. The fraction of sp³-hybridized carbons (Fsp3) is 0. The molecule has 1 amide bonds. The van der Waals surface area contributed by atoms with Crippen molar-refractivity contribution in [1.29, 1.82) is 0 Å². The lowest BCUT2D eigenvalue weighted by atomic mass is 10.1. The molecule has 0 saturated heterocycles. The van der Waals surface area contributed by atoms with Crippen LogP contribution in [0.3, 0.4) is 0 Å². The second kappa shape index (κ2) is 5.78. The summed E-state index contributed by atoms with van der Waals surface area (Å²) < 4.78 is 0. The Balaban J connectivity index is 2.28. The predicted octanol–water partition coefficient (Wildman–Crippen LogP) is 1.94. The Morgan fingerprint density at radius 2 is 1.86 bits per heavy atom. The molecule has 0 aliphatic heterocycles. The Hall–Kier alpha value is -3.29. The van der Waals surface area contributed by atoms with Crippen LogP contribution in [-0.4, -0.2) is 26.9 Å². The van der Waals surface area contributed by atoms with Gasteiger partial charge in [-0.05, 0) is 12.1 Å². The van der Waals surface area contributed by atoms with Crippen LogP contribution in [0, 0.1) is 10.1 Å². The highest BCUT2D eigenvalue weighted by Crippen LogP contribution is 2.17. The molecule has 0 radical (unpaired) electrons. The fourth-order valence-corrected chi connectivity index (χ4v) is 1.66. The number of aromatic carboxylic acids is 1. The first kappa shape index (κ1) is 14.1. The van der Waals surface area contributed by atoms with Crippen LogP contribution >= 0.6 is 0 Å². The third-order valence-electron chi connectivity index (χ3n) is 2.59. The summed E-state index contributed by atoms with van der Waals surface area (Å²) in [7, 11) is 0. The number of aromatic nitrogens is 1. The smallest absolute Gasteiger partial charge is 0.336 e. The summed E-state index contributed by atoms with van der Waals surface area (Å²) in [6, 6.07) is 6.79. The molecule has 106 valence electrons. The van der Waals surface area contributed by atoms with Gasteiger partial charge in [-0.1, -0.05) is 12.1 Å². The average Bonchev–Trinajstić information content (AvgIpc) is 2.47. The van der Waals surface area contributed by atoms with E-state index in [1.54, 1.807) is 0 Å². The van der Waals surface area contributed by atoms with Gasteiger partial charge in [-0.25, -0.2) is 4.79 Å². The van der Waals surface area contributed by atoms with Crippen LogP contribution in [-0.2, 0) is 0 Å². The van der Waals surface area contributed by atoms with Crippen LogP contribution in [0.15, 0.2) is 42.7 Å². The number of nitro groups is 1. The Bertz CT molecular complexity index is 729. The topological polar surface area (TPSA) is 122 Å². The molecule has 2 N–H and O–H groups in total. The maximum Gasteiger partial charge on any atom is 0.336 e. The monoisotopic (exact) mass is 287 g/mol. The number of hydrogen-bond acceptors (Lipinski definition) is 5. The van der Waals surface area contributed by atoms with Crippen LogP contribution in [0.4, 0.5) is 11.4 Å². The molecule has 21 heavy (non-hydrogen) atoms. The standard InChI is InChI=1S/C13H9N3O5/c17-12(10-3-1-2-4-11(10)13(18)19)15-8-5-9(16(20)21)7-14-6-8/h1-7H,(H,15,17)(H,18,19). The Morgan fingerprint density at radius 3 is 2.48 bits per heavy atom. The SMILES string of the molecule is O=C(O)c1ccccc1C(=O)Nc1cncc([N+](=O)[O-])c1. The van der Waals surface area contributed by atoms with E-state index >= 15 is 0 Å². The second-order valence-corrected chi connectivity index (χ2v) is 3.99.